The van der Waals surface area contributed by atoms with Crippen molar-refractivity contribution in [2.75, 3.05) is 14.2 Å². The van der Waals surface area contributed by atoms with E-state index in [9.17, 15) is 0 Å². The molecule has 3 heteroatoms. The smallest absolute Gasteiger partial charge is 0.0697 e. The van der Waals surface area contributed by atoms with Gasteiger partial charge in [-0.25, -0.2) is 0 Å². The molecule has 1 aromatic carbocycles. The molecule has 19 heavy (non-hydrogen) atoms. The molecule has 2 aromatic rings. The van der Waals surface area contributed by atoms with Crippen molar-refractivity contribution in [2.45, 2.75) is 37.3 Å². The molecule has 0 saturated heterocycles. The number of methoxy groups -OCH3 is 1. The summed E-state index contributed by atoms with van der Waals surface area (Å²) in [6, 6.07) is 9.05. The second kappa shape index (κ2) is 5.23. The van der Waals surface area contributed by atoms with Gasteiger partial charge in [0.15, 0.2) is 0 Å². The maximum atomic E-state index is 5.78. The fraction of sp³-hybridized carbons (Fsp3) is 0.500. The largest absolute Gasteiger partial charge is 0.378 e. The van der Waals surface area contributed by atoms with Crippen LogP contribution in [0.1, 0.15) is 37.3 Å². The van der Waals surface area contributed by atoms with Crippen LogP contribution in [-0.4, -0.2) is 19.8 Å². The molecule has 1 aromatic heterocycles. The first kappa shape index (κ1) is 13.1. The first-order chi connectivity index (χ1) is 9.28. The molecule has 1 saturated carbocycles. The van der Waals surface area contributed by atoms with Crippen LogP contribution in [0, 0.1) is 0 Å². The maximum Gasteiger partial charge on any atom is 0.0697 e. The van der Waals surface area contributed by atoms with Crippen molar-refractivity contribution in [2.24, 2.45) is 0 Å². The molecule has 0 radical (unpaired) electrons. The standard InChI is InChI=1S/C16H21NOS/c1-17-14(10-16(18-2)8-5-9-16)13-11-19-15-7-4-3-6-12(13)15/h3-4,6-7,11,14,17H,5,8-10H2,1-2H3. The van der Waals surface area contributed by atoms with Crippen molar-refractivity contribution >= 4 is 21.4 Å². The average molecular weight is 275 g/mol. The lowest BCUT2D eigenvalue weighted by molar-refractivity contribution is -0.0833. The van der Waals surface area contributed by atoms with E-state index in [1.165, 1.54) is 34.9 Å². The fourth-order valence-electron chi connectivity index (χ4n) is 3.07. The molecule has 1 N–H and O–H groups in total. The van der Waals surface area contributed by atoms with Crippen molar-refractivity contribution < 1.29 is 4.74 Å². The van der Waals surface area contributed by atoms with E-state index in [-0.39, 0.29) is 5.60 Å². The lowest BCUT2D eigenvalue weighted by Gasteiger charge is -2.42. The molecule has 3 rings (SSSR count). The van der Waals surface area contributed by atoms with Gasteiger partial charge >= 0.3 is 0 Å². The molecule has 2 nitrogen and oxygen atoms in total. The summed E-state index contributed by atoms with van der Waals surface area (Å²) < 4.78 is 7.15. The van der Waals surface area contributed by atoms with Crippen LogP contribution in [-0.2, 0) is 4.74 Å². The minimum atomic E-state index is 0.108. The summed E-state index contributed by atoms with van der Waals surface area (Å²) >= 11 is 1.84. The number of benzene rings is 1. The van der Waals surface area contributed by atoms with E-state index < -0.39 is 0 Å². The summed E-state index contributed by atoms with van der Waals surface area (Å²) in [6.07, 6.45) is 4.77. The number of rotatable bonds is 5. The minimum absolute atomic E-state index is 0.108. The van der Waals surface area contributed by atoms with E-state index in [1.54, 1.807) is 0 Å². The van der Waals surface area contributed by atoms with Crippen LogP contribution in [0.4, 0.5) is 0 Å². The van der Waals surface area contributed by atoms with E-state index >= 15 is 0 Å². The minimum Gasteiger partial charge on any atom is -0.378 e. The summed E-state index contributed by atoms with van der Waals surface area (Å²) in [7, 11) is 3.91. The van der Waals surface area contributed by atoms with Gasteiger partial charge in [-0.1, -0.05) is 18.2 Å². The molecule has 102 valence electrons. The Hall–Kier alpha value is -0.900. The van der Waals surface area contributed by atoms with Gasteiger partial charge in [-0.2, -0.15) is 0 Å². The fourth-order valence-corrected chi connectivity index (χ4v) is 4.09. The van der Waals surface area contributed by atoms with Crippen molar-refractivity contribution in [3.63, 3.8) is 0 Å². The van der Waals surface area contributed by atoms with Crippen molar-refractivity contribution in [3.8, 4) is 0 Å². The van der Waals surface area contributed by atoms with E-state index in [4.69, 9.17) is 4.74 Å². The Kier molecular flexibility index (Phi) is 3.61. The molecule has 0 aliphatic heterocycles. The molecule has 0 amide bonds. The molecule has 0 bridgehead atoms. The van der Waals surface area contributed by atoms with Crippen LogP contribution in [0.5, 0.6) is 0 Å². The Morgan fingerprint density at radius 1 is 1.37 bits per heavy atom. The number of thiophene rings is 1. The molecule has 0 spiro atoms. The van der Waals surface area contributed by atoms with Crippen LogP contribution in [0.2, 0.25) is 0 Å². The second-order valence-electron chi connectivity index (χ2n) is 5.47. The molecule has 1 aliphatic rings. The molecule has 1 heterocycles. The highest BCUT2D eigenvalue weighted by Crippen LogP contribution is 2.43. The number of nitrogens with one attached hydrogen (secondary N) is 1. The van der Waals surface area contributed by atoms with Crippen LogP contribution < -0.4 is 5.32 Å². The average Bonchev–Trinajstić information content (AvgIpc) is 2.83. The summed E-state index contributed by atoms with van der Waals surface area (Å²) in [6.45, 7) is 0. The van der Waals surface area contributed by atoms with Gasteiger partial charge in [0.05, 0.1) is 5.60 Å². The summed E-state index contributed by atoms with van der Waals surface area (Å²) in [5.41, 5.74) is 1.53. The summed E-state index contributed by atoms with van der Waals surface area (Å²) in [4.78, 5) is 0. The number of hydrogen-bond acceptors (Lipinski definition) is 3. The lowest BCUT2D eigenvalue weighted by atomic mass is 9.74. The summed E-state index contributed by atoms with van der Waals surface area (Å²) in [5, 5.41) is 7.17. The molecular weight excluding hydrogens is 254 g/mol. The van der Waals surface area contributed by atoms with Crippen LogP contribution >= 0.6 is 11.3 Å². The SMILES string of the molecule is CNC(CC1(OC)CCC1)c1csc2ccccc12. The van der Waals surface area contributed by atoms with Gasteiger partial charge in [0.25, 0.3) is 0 Å². The van der Waals surface area contributed by atoms with Gasteiger partial charge in [0.1, 0.15) is 0 Å². The Balaban J connectivity index is 1.89. The summed E-state index contributed by atoms with van der Waals surface area (Å²) in [5.74, 6) is 0. The Labute approximate surface area is 118 Å². The van der Waals surface area contributed by atoms with E-state index in [2.05, 4.69) is 42.0 Å². The van der Waals surface area contributed by atoms with Gasteiger partial charge in [0, 0.05) is 17.9 Å². The van der Waals surface area contributed by atoms with Crippen molar-refractivity contribution in [1.29, 1.82) is 0 Å². The molecule has 1 aliphatic carbocycles. The second-order valence-corrected chi connectivity index (χ2v) is 6.38. The Morgan fingerprint density at radius 3 is 2.79 bits per heavy atom. The van der Waals surface area contributed by atoms with Crippen molar-refractivity contribution in [3.05, 3.63) is 35.2 Å². The number of ether oxygens (including phenoxy) is 1. The van der Waals surface area contributed by atoms with E-state index in [1.807, 2.05) is 18.4 Å². The van der Waals surface area contributed by atoms with Gasteiger partial charge in [-0.05, 0) is 55.1 Å². The highest BCUT2D eigenvalue weighted by atomic mass is 32.1. The molecule has 1 atom stereocenters. The number of hydrogen-bond donors (Lipinski definition) is 1. The third-order valence-electron chi connectivity index (χ3n) is 4.51. The van der Waals surface area contributed by atoms with E-state index in [0.717, 1.165) is 6.42 Å². The van der Waals surface area contributed by atoms with Crippen LogP contribution in [0.3, 0.4) is 0 Å². The van der Waals surface area contributed by atoms with Gasteiger partial charge in [0.2, 0.25) is 0 Å². The predicted molar refractivity (Wildman–Crippen MR) is 81.8 cm³/mol. The predicted octanol–water partition coefficient (Wildman–Crippen LogP) is 4.12. The van der Waals surface area contributed by atoms with Gasteiger partial charge < -0.3 is 10.1 Å². The highest BCUT2D eigenvalue weighted by molar-refractivity contribution is 7.17. The number of fused-ring (bicyclic) bond motifs is 1. The zero-order chi connectivity index (χ0) is 13.3. The maximum absolute atomic E-state index is 5.78. The third kappa shape index (κ3) is 2.31. The molecular formula is C16H21NOS. The third-order valence-corrected chi connectivity index (χ3v) is 5.49. The Morgan fingerprint density at radius 2 is 2.16 bits per heavy atom. The zero-order valence-corrected chi connectivity index (χ0v) is 12.4. The normalized spacial score (nSPS) is 19.3. The quantitative estimate of drug-likeness (QED) is 0.886. The van der Waals surface area contributed by atoms with Crippen LogP contribution in [0.25, 0.3) is 10.1 Å². The monoisotopic (exact) mass is 275 g/mol. The van der Waals surface area contributed by atoms with Crippen LogP contribution in [0.15, 0.2) is 29.6 Å². The van der Waals surface area contributed by atoms with Gasteiger partial charge in [-0.15, -0.1) is 11.3 Å². The van der Waals surface area contributed by atoms with E-state index in [0.29, 0.717) is 6.04 Å². The first-order valence-corrected chi connectivity index (χ1v) is 7.84. The van der Waals surface area contributed by atoms with Gasteiger partial charge in [-0.3, -0.25) is 0 Å². The topological polar surface area (TPSA) is 21.3 Å². The molecule has 1 fully saturated rings. The lowest BCUT2D eigenvalue weighted by Crippen LogP contribution is -2.42. The van der Waals surface area contributed by atoms with Crippen molar-refractivity contribution in [1.82, 2.24) is 5.32 Å². The molecule has 1 unspecified atom stereocenters. The Bertz CT molecular complexity index is 553. The first-order valence-electron chi connectivity index (χ1n) is 6.96. The zero-order valence-electron chi connectivity index (χ0n) is 11.6. The highest BCUT2D eigenvalue weighted by Gasteiger charge is 2.39.